The van der Waals surface area contributed by atoms with Gasteiger partial charge in [0.1, 0.15) is 4.21 Å². The highest BCUT2D eigenvalue weighted by Gasteiger charge is 2.21. The van der Waals surface area contributed by atoms with Crippen molar-refractivity contribution in [3.8, 4) is 0 Å². The van der Waals surface area contributed by atoms with Crippen LogP contribution in [0.3, 0.4) is 0 Å². The van der Waals surface area contributed by atoms with Crippen LogP contribution in [0, 0.1) is 5.41 Å². The van der Waals surface area contributed by atoms with Crippen molar-refractivity contribution in [2.45, 2.75) is 63.7 Å². The van der Waals surface area contributed by atoms with Crippen molar-refractivity contribution in [2.24, 2.45) is 10.4 Å². The summed E-state index contributed by atoms with van der Waals surface area (Å²) in [7, 11) is -3.46. The number of unbranched alkanes of at least 4 members (excludes halogenated alkanes) is 2. The zero-order chi connectivity index (χ0) is 20.3. The highest BCUT2D eigenvalue weighted by molar-refractivity contribution is 14.0. The van der Waals surface area contributed by atoms with E-state index in [0.717, 1.165) is 6.42 Å². The summed E-state index contributed by atoms with van der Waals surface area (Å²) in [5.74, 6) is 0.302. The lowest BCUT2D eigenvalue weighted by atomic mass is 9.87. The molecule has 28 heavy (non-hydrogen) atoms. The third-order valence-corrected chi connectivity index (χ3v) is 7.47. The fraction of sp³-hybridized carbons (Fsp3) is 0.737. The number of guanidine groups is 1. The minimum absolute atomic E-state index is 0. The lowest BCUT2D eigenvalue weighted by molar-refractivity contribution is 0.200. The molecule has 164 valence electrons. The number of thiophene rings is 1. The fourth-order valence-electron chi connectivity index (χ4n) is 2.62. The topological polar surface area (TPSA) is 90.8 Å². The summed E-state index contributed by atoms with van der Waals surface area (Å²) >= 11 is 1.17. The second-order valence-corrected chi connectivity index (χ2v) is 10.8. The lowest BCUT2D eigenvalue weighted by Gasteiger charge is -2.23. The molecule has 1 unspecified atom stereocenters. The summed E-state index contributed by atoms with van der Waals surface area (Å²) in [6.07, 6.45) is 3.75. The van der Waals surface area contributed by atoms with Gasteiger partial charge in [-0.3, -0.25) is 4.99 Å². The molecular weight excluding hydrogens is 509 g/mol. The standard InChI is InChI=1S/C19H35N3O3S2.HI/c1-5-7-8-11-19(3,4)15-22-18(20-6-2)21-13-16(23)14-27(24,25)17-10-9-12-26-17;/h9-10,12,16,23H,5-8,11,13-15H2,1-4H3,(H2,20,21,22);1H. The van der Waals surface area contributed by atoms with Crippen molar-refractivity contribution >= 4 is 51.1 Å². The van der Waals surface area contributed by atoms with Gasteiger partial charge in [-0.2, -0.15) is 0 Å². The zero-order valence-electron chi connectivity index (χ0n) is 17.4. The number of hydrogen-bond donors (Lipinski definition) is 3. The molecule has 0 spiro atoms. The van der Waals surface area contributed by atoms with Crippen LogP contribution in [0.4, 0.5) is 0 Å². The van der Waals surface area contributed by atoms with Gasteiger partial charge in [0.25, 0.3) is 0 Å². The molecule has 0 amide bonds. The molecule has 0 saturated carbocycles. The van der Waals surface area contributed by atoms with Crippen LogP contribution in [-0.2, 0) is 9.84 Å². The molecule has 0 aliphatic carbocycles. The highest BCUT2D eigenvalue weighted by atomic mass is 127. The second-order valence-electron chi connectivity index (χ2n) is 7.56. The maximum absolute atomic E-state index is 12.2. The summed E-state index contributed by atoms with van der Waals surface area (Å²) in [5.41, 5.74) is 0.110. The van der Waals surface area contributed by atoms with Crippen LogP contribution in [0.2, 0.25) is 0 Å². The Bertz CT molecular complexity index is 662. The van der Waals surface area contributed by atoms with Gasteiger partial charge in [-0.25, -0.2) is 8.42 Å². The van der Waals surface area contributed by atoms with E-state index < -0.39 is 15.9 Å². The third kappa shape index (κ3) is 11.0. The Morgan fingerprint density at radius 3 is 2.57 bits per heavy atom. The number of aliphatic hydroxyl groups excluding tert-OH is 1. The largest absolute Gasteiger partial charge is 0.390 e. The van der Waals surface area contributed by atoms with Gasteiger partial charge < -0.3 is 15.7 Å². The molecule has 3 N–H and O–H groups in total. The Morgan fingerprint density at radius 2 is 2.00 bits per heavy atom. The Kier molecular flexibility index (Phi) is 13.6. The van der Waals surface area contributed by atoms with E-state index in [2.05, 4.69) is 36.4 Å². The van der Waals surface area contributed by atoms with Crippen molar-refractivity contribution in [3.05, 3.63) is 17.5 Å². The van der Waals surface area contributed by atoms with Gasteiger partial charge in [-0.15, -0.1) is 35.3 Å². The Hall–Kier alpha value is -0.390. The monoisotopic (exact) mass is 545 g/mol. The van der Waals surface area contributed by atoms with Gasteiger partial charge in [-0.05, 0) is 30.2 Å². The molecule has 1 rings (SSSR count). The van der Waals surface area contributed by atoms with Crippen LogP contribution in [0.1, 0.15) is 53.4 Å². The van der Waals surface area contributed by atoms with Gasteiger partial charge in [0.05, 0.1) is 11.9 Å². The molecule has 0 saturated heterocycles. The zero-order valence-corrected chi connectivity index (χ0v) is 21.4. The van der Waals surface area contributed by atoms with Crippen molar-refractivity contribution in [1.29, 1.82) is 0 Å². The molecule has 0 radical (unpaired) electrons. The number of aliphatic hydroxyl groups is 1. The molecule has 6 nitrogen and oxygen atoms in total. The molecule has 1 aromatic heterocycles. The molecule has 0 aliphatic heterocycles. The number of aliphatic imine (C=N–C) groups is 1. The third-order valence-electron chi connectivity index (χ3n) is 4.19. The van der Waals surface area contributed by atoms with Crippen LogP contribution < -0.4 is 10.6 Å². The molecule has 0 bridgehead atoms. The predicted octanol–water partition coefficient (Wildman–Crippen LogP) is 3.66. The van der Waals surface area contributed by atoms with Gasteiger partial charge in [-0.1, -0.05) is 46.1 Å². The smallest absolute Gasteiger partial charge is 0.191 e. The summed E-state index contributed by atoms with van der Waals surface area (Å²) < 4.78 is 24.8. The van der Waals surface area contributed by atoms with Crippen LogP contribution in [0.25, 0.3) is 0 Å². The van der Waals surface area contributed by atoms with E-state index in [1.807, 2.05) is 6.92 Å². The number of nitrogens with one attached hydrogen (secondary N) is 2. The molecule has 1 heterocycles. The van der Waals surface area contributed by atoms with Crippen LogP contribution in [0.5, 0.6) is 0 Å². The van der Waals surface area contributed by atoms with Gasteiger partial charge in [0.2, 0.25) is 0 Å². The second kappa shape index (κ2) is 13.8. The average molecular weight is 546 g/mol. The van der Waals surface area contributed by atoms with E-state index in [1.54, 1.807) is 17.5 Å². The van der Waals surface area contributed by atoms with Crippen molar-refractivity contribution in [3.63, 3.8) is 0 Å². The van der Waals surface area contributed by atoms with E-state index >= 15 is 0 Å². The van der Waals surface area contributed by atoms with E-state index in [4.69, 9.17) is 0 Å². The quantitative estimate of drug-likeness (QED) is 0.162. The normalized spacial score (nSPS) is 13.7. The summed E-state index contributed by atoms with van der Waals surface area (Å²) in [6.45, 7) is 10.1. The average Bonchev–Trinajstić information content (AvgIpc) is 3.13. The van der Waals surface area contributed by atoms with E-state index in [9.17, 15) is 13.5 Å². The summed E-state index contributed by atoms with van der Waals surface area (Å²) in [4.78, 5) is 4.62. The SMILES string of the molecule is CCCCCC(C)(C)CN=C(NCC)NCC(O)CS(=O)(=O)c1cccs1.I. The molecule has 1 atom stereocenters. The molecule has 0 aliphatic rings. The van der Waals surface area contributed by atoms with Crippen LogP contribution >= 0.6 is 35.3 Å². The van der Waals surface area contributed by atoms with Crippen molar-refractivity contribution < 1.29 is 13.5 Å². The first-order valence-corrected chi connectivity index (χ1v) is 12.2. The Morgan fingerprint density at radius 1 is 1.29 bits per heavy atom. The van der Waals surface area contributed by atoms with Crippen molar-refractivity contribution in [2.75, 3.05) is 25.4 Å². The maximum atomic E-state index is 12.2. The molecule has 0 fully saturated rings. The summed E-state index contributed by atoms with van der Waals surface area (Å²) in [6, 6.07) is 3.26. The lowest BCUT2D eigenvalue weighted by Crippen LogP contribution is -2.43. The van der Waals surface area contributed by atoms with Gasteiger partial charge >= 0.3 is 0 Å². The molecule has 1 aromatic rings. The maximum Gasteiger partial charge on any atom is 0.191 e. The predicted molar refractivity (Wildman–Crippen MR) is 130 cm³/mol. The molecule has 0 aromatic carbocycles. The first kappa shape index (κ1) is 27.6. The minimum atomic E-state index is -3.46. The number of rotatable bonds is 12. The molecular formula is C19H36IN3O3S2. The Labute approximate surface area is 191 Å². The number of sulfone groups is 1. The van der Waals surface area contributed by atoms with E-state index in [-0.39, 0.29) is 45.9 Å². The van der Waals surface area contributed by atoms with E-state index in [1.165, 1.54) is 30.6 Å². The fourth-order valence-corrected chi connectivity index (χ4v) is 5.10. The minimum Gasteiger partial charge on any atom is -0.390 e. The van der Waals surface area contributed by atoms with Crippen LogP contribution in [0.15, 0.2) is 26.7 Å². The molecule has 9 heteroatoms. The number of halogens is 1. The van der Waals surface area contributed by atoms with Gasteiger partial charge in [0.15, 0.2) is 15.8 Å². The number of hydrogen-bond acceptors (Lipinski definition) is 5. The number of nitrogens with zero attached hydrogens (tertiary/aromatic N) is 1. The van der Waals surface area contributed by atoms with E-state index in [0.29, 0.717) is 19.0 Å². The summed E-state index contributed by atoms with van der Waals surface area (Å²) in [5, 5.41) is 18.1. The first-order chi connectivity index (χ1) is 12.7. The highest BCUT2D eigenvalue weighted by Crippen LogP contribution is 2.24. The van der Waals surface area contributed by atoms with Crippen molar-refractivity contribution in [1.82, 2.24) is 10.6 Å². The first-order valence-electron chi connectivity index (χ1n) is 9.66. The Balaban J connectivity index is 0.00000729. The van der Waals surface area contributed by atoms with Crippen LogP contribution in [-0.4, -0.2) is 51.0 Å². The van der Waals surface area contributed by atoms with Gasteiger partial charge in [0, 0.05) is 19.6 Å².